The van der Waals surface area contributed by atoms with Crippen LogP contribution in [-0.2, 0) is 0 Å². The van der Waals surface area contributed by atoms with Crippen molar-refractivity contribution in [3.63, 3.8) is 0 Å². The molecule has 2 aliphatic rings. The fourth-order valence-corrected chi connectivity index (χ4v) is 1.57. The SMILES string of the molecule is CC(CO)c1ccc2coccc1-2. The van der Waals surface area contributed by atoms with Crippen LogP contribution in [0.4, 0.5) is 0 Å². The van der Waals surface area contributed by atoms with Crippen molar-refractivity contribution in [1.29, 1.82) is 0 Å². The molecule has 68 valence electrons. The lowest BCUT2D eigenvalue weighted by Crippen LogP contribution is -1.98. The van der Waals surface area contributed by atoms with E-state index >= 15 is 0 Å². The molecule has 0 bridgehead atoms. The van der Waals surface area contributed by atoms with E-state index in [4.69, 9.17) is 9.52 Å². The molecule has 0 aromatic rings. The molecule has 2 nitrogen and oxygen atoms in total. The Bertz CT molecular complexity index is 364. The molecule has 2 rings (SSSR count). The lowest BCUT2D eigenvalue weighted by atomic mass is 9.99. The summed E-state index contributed by atoms with van der Waals surface area (Å²) in [6, 6.07) is 6.00. The molecule has 0 saturated carbocycles. The summed E-state index contributed by atoms with van der Waals surface area (Å²) in [7, 11) is 0. The molecule has 1 atom stereocenters. The number of rotatable bonds is 2. The van der Waals surface area contributed by atoms with Crippen LogP contribution in [0.5, 0.6) is 0 Å². The molecule has 0 aromatic heterocycles. The molecule has 0 spiro atoms. The minimum absolute atomic E-state index is 0.186. The zero-order valence-corrected chi connectivity index (χ0v) is 7.53. The Labute approximate surface area is 77.2 Å². The van der Waals surface area contributed by atoms with Crippen molar-refractivity contribution in [2.45, 2.75) is 12.8 Å². The summed E-state index contributed by atoms with van der Waals surface area (Å²) in [6.07, 6.45) is 3.39. The zero-order chi connectivity index (χ0) is 9.26. The van der Waals surface area contributed by atoms with Crippen molar-refractivity contribution < 1.29 is 9.52 Å². The van der Waals surface area contributed by atoms with Crippen molar-refractivity contribution >= 4 is 0 Å². The molecule has 13 heavy (non-hydrogen) atoms. The van der Waals surface area contributed by atoms with Crippen LogP contribution in [-0.4, -0.2) is 11.7 Å². The standard InChI is InChI=1S/C11H12O2/c1-8(6-12)10-3-2-9-7-13-5-4-11(9)10/h2-5,7-8,12H,6H2,1H3. The Hall–Kier alpha value is -1.28. The van der Waals surface area contributed by atoms with Gasteiger partial charge in [0.15, 0.2) is 0 Å². The van der Waals surface area contributed by atoms with Gasteiger partial charge in [0.2, 0.25) is 0 Å². The van der Waals surface area contributed by atoms with Crippen molar-refractivity contribution in [3.05, 3.63) is 36.3 Å². The van der Waals surface area contributed by atoms with Crippen LogP contribution in [0.3, 0.4) is 0 Å². The van der Waals surface area contributed by atoms with Gasteiger partial charge in [-0.2, -0.15) is 0 Å². The summed E-state index contributed by atoms with van der Waals surface area (Å²) in [4.78, 5) is 0. The average Bonchev–Trinajstić information content (AvgIpc) is 2.60. The second-order valence-corrected chi connectivity index (χ2v) is 3.30. The van der Waals surface area contributed by atoms with Crippen molar-refractivity contribution in [3.8, 4) is 11.1 Å². The highest BCUT2D eigenvalue weighted by atomic mass is 16.3. The van der Waals surface area contributed by atoms with Crippen LogP contribution in [0.15, 0.2) is 35.1 Å². The van der Waals surface area contributed by atoms with E-state index in [9.17, 15) is 0 Å². The van der Waals surface area contributed by atoms with Crippen LogP contribution < -0.4 is 0 Å². The number of fused-ring (bicyclic) bond motifs is 1. The predicted octanol–water partition coefficient (Wildman–Crippen LogP) is 2.48. The minimum atomic E-state index is 0.186. The first-order chi connectivity index (χ1) is 6.33. The van der Waals surface area contributed by atoms with Crippen LogP contribution in [0.1, 0.15) is 18.4 Å². The van der Waals surface area contributed by atoms with Gasteiger partial charge < -0.3 is 9.52 Å². The van der Waals surface area contributed by atoms with E-state index in [1.165, 1.54) is 11.1 Å². The van der Waals surface area contributed by atoms with Gasteiger partial charge in [-0.25, -0.2) is 0 Å². The van der Waals surface area contributed by atoms with Gasteiger partial charge in [-0.05, 0) is 17.2 Å². The van der Waals surface area contributed by atoms with Crippen LogP contribution in [0.25, 0.3) is 11.1 Å². The Balaban J connectivity index is 2.49. The molecular weight excluding hydrogens is 164 g/mol. The van der Waals surface area contributed by atoms with E-state index in [1.54, 1.807) is 12.5 Å². The first kappa shape index (κ1) is 8.32. The van der Waals surface area contributed by atoms with Crippen molar-refractivity contribution in [2.24, 2.45) is 0 Å². The van der Waals surface area contributed by atoms with Gasteiger partial charge in [0.1, 0.15) is 0 Å². The Morgan fingerprint density at radius 3 is 3.00 bits per heavy atom. The molecule has 0 fully saturated rings. The van der Waals surface area contributed by atoms with Gasteiger partial charge in [-0.1, -0.05) is 19.1 Å². The highest BCUT2D eigenvalue weighted by Gasteiger charge is 2.13. The third kappa shape index (κ3) is 1.33. The lowest BCUT2D eigenvalue weighted by molar-refractivity contribution is 0.273. The van der Waals surface area contributed by atoms with Gasteiger partial charge in [-0.15, -0.1) is 0 Å². The van der Waals surface area contributed by atoms with Crippen LogP contribution in [0, 0.1) is 0 Å². The van der Waals surface area contributed by atoms with Crippen LogP contribution >= 0.6 is 0 Å². The molecule has 1 N–H and O–H groups in total. The molecule has 2 heteroatoms. The Kier molecular flexibility index (Phi) is 2.07. The number of hydrogen-bond donors (Lipinski definition) is 1. The maximum Gasteiger partial charge on any atom is 0.0979 e. The summed E-state index contributed by atoms with van der Waals surface area (Å²) in [5.74, 6) is 0.194. The van der Waals surface area contributed by atoms with E-state index in [2.05, 4.69) is 0 Å². The highest BCUT2D eigenvalue weighted by Crippen LogP contribution is 2.32. The highest BCUT2D eigenvalue weighted by molar-refractivity contribution is 5.70. The molecular formula is C11H12O2. The topological polar surface area (TPSA) is 33.4 Å². The Morgan fingerprint density at radius 2 is 2.23 bits per heavy atom. The fourth-order valence-electron chi connectivity index (χ4n) is 1.57. The van der Waals surface area contributed by atoms with Gasteiger partial charge in [-0.3, -0.25) is 0 Å². The maximum atomic E-state index is 9.04. The molecule has 0 radical (unpaired) electrons. The number of aliphatic hydroxyl groups is 1. The molecule has 0 aromatic carbocycles. The smallest absolute Gasteiger partial charge is 0.0979 e. The maximum absolute atomic E-state index is 9.04. The normalized spacial score (nSPS) is 13.4. The summed E-state index contributed by atoms with van der Waals surface area (Å²) in [5, 5.41) is 9.04. The van der Waals surface area contributed by atoms with E-state index < -0.39 is 0 Å². The first-order valence-corrected chi connectivity index (χ1v) is 4.38. The number of aliphatic hydroxyl groups excluding tert-OH is 1. The largest absolute Gasteiger partial charge is 0.472 e. The van der Waals surface area contributed by atoms with Gasteiger partial charge in [0.05, 0.1) is 12.5 Å². The number of hydrogen-bond acceptors (Lipinski definition) is 2. The van der Waals surface area contributed by atoms with Crippen molar-refractivity contribution in [1.82, 2.24) is 0 Å². The summed E-state index contributed by atoms with van der Waals surface area (Å²) >= 11 is 0. The van der Waals surface area contributed by atoms with Crippen LogP contribution in [0.2, 0.25) is 0 Å². The summed E-state index contributed by atoms with van der Waals surface area (Å²) in [6.45, 7) is 2.20. The third-order valence-corrected chi connectivity index (χ3v) is 2.38. The van der Waals surface area contributed by atoms with E-state index in [1.807, 2.05) is 25.1 Å². The minimum Gasteiger partial charge on any atom is -0.472 e. The van der Waals surface area contributed by atoms with Crippen molar-refractivity contribution in [2.75, 3.05) is 6.61 Å². The second kappa shape index (κ2) is 3.23. The molecule has 1 unspecified atom stereocenters. The monoisotopic (exact) mass is 176 g/mol. The molecule has 1 aliphatic carbocycles. The quantitative estimate of drug-likeness (QED) is 0.762. The molecule has 0 saturated heterocycles. The van der Waals surface area contributed by atoms with E-state index in [0.717, 1.165) is 5.56 Å². The fraction of sp³-hybridized carbons (Fsp3) is 0.273. The molecule has 0 amide bonds. The molecule has 1 aliphatic heterocycles. The predicted molar refractivity (Wildman–Crippen MR) is 50.8 cm³/mol. The third-order valence-electron chi connectivity index (χ3n) is 2.38. The lowest BCUT2D eigenvalue weighted by Gasteiger charge is -2.08. The second-order valence-electron chi connectivity index (χ2n) is 3.30. The first-order valence-electron chi connectivity index (χ1n) is 4.38. The molecule has 1 heterocycles. The van der Waals surface area contributed by atoms with E-state index in [0.29, 0.717) is 0 Å². The summed E-state index contributed by atoms with van der Waals surface area (Å²) in [5.41, 5.74) is 3.46. The van der Waals surface area contributed by atoms with Gasteiger partial charge >= 0.3 is 0 Å². The Morgan fingerprint density at radius 1 is 1.38 bits per heavy atom. The average molecular weight is 176 g/mol. The van der Waals surface area contributed by atoms with Gasteiger partial charge in [0, 0.05) is 18.1 Å². The van der Waals surface area contributed by atoms with E-state index in [-0.39, 0.29) is 12.5 Å². The summed E-state index contributed by atoms with van der Waals surface area (Å²) < 4.78 is 5.05. The zero-order valence-electron chi connectivity index (χ0n) is 7.53. The van der Waals surface area contributed by atoms with Gasteiger partial charge in [0.25, 0.3) is 0 Å².